The molecule has 0 spiro atoms. The van der Waals surface area contributed by atoms with Gasteiger partial charge < -0.3 is 10.2 Å². The number of amides is 1. The van der Waals surface area contributed by atoms with Crippen LogP contribution in [0.15, 0.2) is 29.2 Å². The lowest BCUT2D eigenvalue weighted by Crippen LogP contribution is -2.48. The first-order chi connectivity index (χ1) is 14.3. The van der Waals surface area contributed by atoms with Gasteiger partial charge in [0.05, 0.1) is 23.6 Å². The van der Waals surface area contributed by atoms with Crippen molar-refractivity contribution in [2.45, 2.75) is 74.5 Å². The van der Waals surface area contributed by atoms with E-state index in [4.69, 9.17) is 0 Å². The molecule has 8 nitrogen and oxygen atoms in total. The van der Waals surface area contributed by atoms with E-state index in [9.17, 15) is 23.7 Å². The molecule has 2 aliphatic rings. The Kier molecular flexibility index (Phi) is 7.09. The summed E-state index contributed by atoms with van der Waals surface area (Å²) in [5.74, 6) is -0.229. The van der Waals surface area contributed by atoms with Crippen LogP contribution in [0.5, 0.6) is 0 Å². The van der Waals surface area contributed by atoms with E-state index in [-0.39, 0.29) is 29.4 Å². The number of carbonyl (C=O) groups is 1. The Morgan fingerprint density at radius 1 is 1.00 bits per heavy atom. The van der Waals surface area contributed by atoms with Gasteiger partial charge in [-0.25, -0.2) is 13.1 Å². The molecule has 1 aromatic carbocycles. The predicted molar refractivity (Wildman–Crippen MR) is 110 cm³/mol. The van der Waals surface area contributed by atoms with Crippen molar-refractivity contribution in [2.24, 2.45) is 0 Å². The summed E-state index contributed by atoms with van der Waals surface area (Å²) in [5, 5.41) is 21.6. The maximum Gasteiger partial charge on any atom is 0.240 e. The van der Waals surface area contributed by atoms with Gasteiger partial charge in [-0.15, -0.1) is 0 Å². The molecule has 0 unspecified atom stereocenters. The summed E-state index contributed by atoms with van der Waals surface area (Å²) >= 11 is 0. The van der Waals surface area contributed by atoms with Crippen LogP contribution >= 0.6 is 0 Å². The Labute approximate surface area is 177 Å². The molecule has 9 heteroatoms. The van der Waals surface area contributed by atoms with Crippen molar-refractivity contribution in [3.05, 3.63) is 29.8 Å². The molecule has 0 aromatic heterocycles. The highest BCUT2D eigenvalue weighted by atomic mass is 32.2. The van der Waals surface area contributed by atoms with Gasteiger partial charge in [-0.2, -0.15) is 10.5 Å². The number of nitriles is 2. The molecule has 1 aromatic rings. The van der Waals surface area contributed by atoms with Crippen molar-refractivity contribution < 1.29 is 13.2 Å². The van der Waals surface area contributed by atoms with Gasteiger partial charge in [0, 0.05) is 12.1 Å². The van der Waals surface area contributed by atoms with Crippen molar-refractivity contribution in [3.63, 3.8) is 0 Å². The lowest BCUT2D eigenvalue weighted by Gasteiger charge is -2.30. The average Bonchev–Trinajstić information content (AvgIpc) is 3.16. The summed E-state index contributed by atoms with van der Waals surface area (Å²) in [6, 6.07) is 9.89. The standard InChI is InChI=1S/C21H27N5O3S/c1-15-2-10-20(11-3-15)30(28,29)25-17-6-4-16(5-7-17)24-14-21(27)26-18(12-22)8-9-19(26)13-23/h2-3,10-11,16-19,24-25H,4-9,14H2,1H3/t16?,17?,18-,19+. The van der Waals surface area contributed by atoms with Crippen LogP contribution in [0.2, 0.25) is 0 Å². The maximum atomic E-state index is 12.5. The first-order valence-corrected chi connectivity index (χ1v) is 11.7. The van der Waals surface area contributed by atoms with Gasteiger partial charge in [-0.1, -0.05) is 17.7 Å². The molecule has 2 atom stereocenters. The number of nitrogens with one attached hydrogen (secondary N) is 2. The fourth-order valence-electron chi connectivity index (χ4n) is 4.16. The minimum absolute atomic E-state index is 0.0841. The molecule has 2 fully saturated rings. The fraction of sp³-hybridized carbons (Fsp3) is 0.571. The van der Waals surface area contributed by atoms with Crippen LogP contribution in [0.1, 0.15) is 44.1 Å². The maximum absolute atomic E-state index is 12.5. The van der Waals surface area contributed by atoms with E-state index in [0.29, 0.717) is 25.7 Å². The van der Waals surface area contributed by atoms with Crippen molar-refractivity contribution in [3.8, 4) is 12.1 Å². The topological polar surface area (TPSA) is 126 Å². The molecular formula is C21H27N5O3S. The Morgan fingerprint density at radius 3 is 2.07 bits per heavy atom. The van der Waals surface area contributed by atoms with E-state index in [2.05, 4.69) is 22.2 Å². The molecule has 1 heterocycles. The quantitative estimate of drug-likeness (QED) is 0.707. The number of nitrogens with zero attached hydrogens (tertiary/aromatic N) is 3. The number of aryl methyl sites for hydroxylation is 1. The predicted octanol–water partition coefficient (Wildman–Crippen LogP) is 1.58. The number of benzene rings is 1. The van der Waals surface area contributed by atoms with Crippen LogP contribution in [-0.2, 0) is 14.8 Å². The van der Waals surface area contributed by atoms with Gasteiger partial charge in [-0.05, 0) is 57.6 Å². The molecule has 1 amide bonds. The van der Waals surface area contributed by atoms with Crippen LogP contribution in [0.25, 0.3) is 0 Å². The highest BCUT2D eigenvalue weighted by Gasteiger charge is 2.37. The summed E-state index contributed by atoms with van der Waals surface area (Å²) in [7, 11) is -3.54. The zero-order valence-corrected chi connectivity index (χ0v) is 17.9. The largest absolute Gasteiger partial charge is 0.310 e. The molecule has 2 N–H and O–H groups in total. The van der Waals surface area contributed by atoms with Gasteiger partial charge in [0.2, 0.25) is 15.9 Å². The molecular weight excluding hydrogens is 402 g/mol. The molecule has 1 saturated carbocycles. The van der Waals surface area contributed by atoms with Crippen molar-refractivity contribution in [1.29, 1.82) is 10.5 Å². The Bertz CT molecular complexity index is 918. The first-order valence-electron chi connectivity index (χ1n) is 10.3. The summed E-state index contributed by atoms with van der Waals surface area (Å²) in [6.45, 7) is 1.99. The van der Waals surface area contributed by atoms with Crippen molar-refractivity contribution >= 4 is 15.9 Å². The number of rotatable bonds is 6. The zero-order valence-electron chi connectivity index (χ0n) is 17.0. The molecule has 160 valence electrons. The second-order valence-electron chi connectivity index (χ2n) is 8.03. The molecule has 1 aliphatic carbocycles. The van der Waals surface area contributed by atoms with Crippen LogP contribution in [0, 0.1) is 29.6 Å². The third-order valence-corrected chi connectivity index (χ3v) is 7.43. The third-order valence-electron chi connectivity index (χ3n) is 5.89. The smallest absolute Gasteiger partial charge is 0.240 e. The zero-order chi connectivity index (χ0) is 21.7. The highest BCUT2D eigenvalue weighted by Crippen LogP contribution is 2.24. The third kappa shape index (κ3) is 5.17. The van der Waals surface area contributed by atoms with Gasteiger partial charge in [0.1, 0.15) is 12.1 Å². The van der Waals surface area contributed by atoms with E-state index in [1.807, 2.05) is 6.92 Å². The van der Waals surface area contributed by atoms with E-state index in [1.54, 1.807) is 24.3 Å². The van der Waals surface area contributed by atoms with Gasteiger partial charge in [0.25, 0.3) is 0 Å². The number of sulfonamides is 1. The monoisotopic (exact) mass is 429 g/mol. The summed E-state index contributed by atoms with van der Waals surface area (Å²) < 4.78 is 27.9. The highest BCUT2D eigenvalue weighted by molar-refractivity contribution is 7.89. The van der Waals surface area contributed by atoms with Crippen molar-refractivity contribution in [2.75, 3.05) is 6.54 Å². The molecule has 1 aliphatic heterocycles. The molecule has 0 radical (unpaired) electrons. The van der Waals surface area contributed by atoms with E-state index in [0.717, 1.165) is 18.4 Å². The first kappa shape index (κ1) is 22.2. The van der Waals surface area contributed by atoms with Crippen molar-refractivity contribution in [1.82, 2.24) is 14.9 Å². The Balaban J connectivity index is 1.47. The summed E-state index contributed by atoms with van der Waals surface area (Å²) in [4.78, 5) is 14.2. The van der Waals surface area contributed by atoms with Crippen LogP contribution in [0.3, 0.4) is 0 Å². The van der Waals surface area contributed by atoms with E-state index >= 15 is 0 Å². The van der Waals surface area contributed by atoms with Gasteiger partial charge in [0.15, 0.2) is 0 Å². The van der Waals surface area contributed by atoms with Crippen LogP contribution in [-0.4, -0.2) is 49.9 Å². The Morgan fingerprint density at radius 2 is 1.53 bits per heavy atom. The molecule has 1 saturated heterocycles. The molecule has 0 bridgehead atoms. The molecule has 30 heavy (non-hydrogen) atoms. The minimum Gasteiger partial charge on any atom is -0.310 e. The van der Waals surface area contributed by atoms with E-state index < -0.39 is 22.1 Å². The number of likely N-dealkylation sites (tertiary alicyclic amines) is 1. The van der Waals surface area contributed by atoms with Crippen LogP contribution < -0.4 is 10.0 Å². The SMILES string of the molecule is Cc1ccc(S(=O)(=O)NC2CCC(NCC(=O)N3[C@H](C#N)CC[C@@H]3C#N)CC2)cc1. The normalized spacial score (nSPS) is 26.7. The minimum atomic E-state index is -3.54. The fourth-order valence-corrected chi connectivity index (χ4v) is 5.46. The number of carbonyl (C=O) groups excluding carboxylic acids is 1. The van der Waals surface area contributed by atoms with E-state index in [1.165, 1.54) is 4.90 Å². The lowest BCUT2D eigenvalue weighted by molar-refractivity contribution is -0.131. The number of hydrogen-bond acceptors (Lipinski definition) is 6. The van der Waals surface area contributed by atoms with Gasteiger partial charge >= 0.3 is 0 Å². The Hall–Kier alpha value is -2.46. The second-order valence-corrected chi connectivity index (χ2v) is 9.75. The number of hydrogen-bond donors (Lipinski definition) is 2. The van der Waals surface area contributed by atoms with Gasteiger partial charge in [-0.3, -0.25) is 4.79 Å². The summed E-state index contributed by atoms with van der Waals surface area (Å²) in [6.07, 6.45) is 3.93. The molecule has 3 rings (SSSR count). The second kappa shape index (κ2) is 9.57. The lowest BCUT2D eigenvalue weighted by atomic mass is 9.92. The summed E-state index contributed by atoms with van der Waals surface area (Å²) in [5.41, 5.74) is 1.01. The average molecular weight is 430 g/mol. The van der Waals surface area contributed by atoms with Crippen LogP contribution in [0.4, 0.5) is 0 Å².